The second-order valence-electron chi connectivity index (χ2n) is 1.12. The summed E-state index contributed by atoms with van der Waals surface area (Å²) in [5.41, 5.74) is -0.303. The number of hydrogen-bond acceptors (Lipinski definition) is 2. The average molecular weight is 170 g/mol. The summed E-state index contributed by atoms with van der Waals surface area (Å²) in [6.45, 7) is 0. The molecule has 0 aliphatic carbocycles. The summed E-state index contributed by atoms with van der Waals surface area (Å²) in [4.78, 5) is 10.1. The van der Waals surface area contributed by atoms with Crippen molar-refractivity contribution in [1.82, 2.24) is 0 Å². The Morgan fingerprint density at radius 3 is 2.22 bits per heavy atom. The average Bonchev–Trinajstić information content (AvgIpc) is 1.69. The van der Waals surface area contributed by atoms with E-state index in [9.17, 15) is 4.79 Å². The van der Waals surface area contributed by atoms with Crippen molar-refractivity contribution in [2.75, 3.05) is 0 Å². The van der Waals surface area contributed by atoms with Crippen molar-refractivity contribution in [2.45, 2.75) is 0 Å². The summed E-state index contributed by atoms with van der Waals surface area (Å²) in [5.74, 6) is 0. The first-order valence-electron chi connectivity index (χ1n) is 1.93. The van der Waals surface area contributed by atoms with Gasteiger partial charge in [-0.15, -0.1) is 0 Å². The molecule has 1 aromatic rings. The molecule has 0 fully saturated rings. The molecule has 0 radical (unpaired) electrons. The SMILES string of the molecule is O.O=c1cccco1.[Fe]. The van der Waals surface area contributed by atoms with E-state index < -0.39 is 0 Å². The molecular formula is C5H6FeO3. The Balaban J connectivity index is 0. The Labute approximate surface area is 62.5 Å². The maximum Gasteiger partial charge on any atom is 0.335 e. The van der Waals surface area contributed by atoms with Gasteiger partial charge >= 0.3 is 5.63 Å². The molecule has 4 heteroatoms. The molecule has 1 rings (SSSR count). The summed E-state index contributed by atoms with van der Waals surface area (Å²) >= 11 is 0. The van der Waals surface area contributed by atoms with Crippen LogP contribution in [0.2, 0.25) is 0 Å². The summed E-state index contributed by atoms with van der Waals surface area (Å²) in [6, 6.07) is 4.65. The molecule has 52 valence electrons. The van der Waals surface area contributed by atoms with Gasteiger partial charge in [0.15, 0.2) is 0 Å². The summed E-state index contributed by atoms with van der Waals surface area (Å²) < 4.78 is 4.37. The maximum absolute atomic E-state index is 10.1. The van der Waals surface area contributed by atoms with Crippen LogP contribution in [0.15, 0.2) is 33.7 Å². The second-order valence-corrected chi connectivity index (χ2v) is 1.12. The molecule has 0 aliphatic rings. The third kappa shape index (κ3) is 3.97. The molecule has 0 saturated heterocycles. The van der Waals surface area contributed by atoms with E-state index in [0.717, 1.165) is 0 Å². The van der Waals surface area contributed by atoms with Crippen molar-refractivity contribution in [3.8, 4) is 0 Å². The molecule has 9 heavy (non-hydrogen) atoms. The first-order chi connectivity index (χ1) is 3.39. The number of hydrogen-bond donors (Lipinski definition) is 0. The van der Waals surface area contributed by atoms with Crippen LogP contribution in [-0.2, 0) is 17.1 Å². The Hall–Kier alpha value is -0.571. The third-order valence-electron chi connectivity index (χ3n) is 0.606. The Bertz CT molecular complexity index is 178. The zero-order chi connectivity index (χ0) is 5.11. The van der Waals surface area contributed by atoms with Crippen LogP contribution in [0.3, 0.4) is 0 Å². The van der Waals surface area contributed by atoms with Crippen molar-refractivity contribution >= 4 is 0 Å². The zero-order valence-corrected chi connectivity index (χ0v) is 5.58. The quantitative estimate of drug-likeness (QED) is 0.506. The van der Waals surface area contributed by atoms with Gasteiger partial charge in [0, 0.05) is 23.1 Å². The molecule has 0 spiro atoms. The van der Waals surface area contributed by atoms with Crippen LogP contribution in [0.5, 0.6) is 0 Å². The van der Waals surface area contributed by atoms with E-state index in [1.165, 1.54) is 12.3 Å². The first-order valence-corrected chi connectivity index (χ1v) is 1.93. The van der Waals surface area contributed by atoms with E-state index >= 15 is 0 Å². The third-order valence-corrected chi connectivity index (χ3v) is 0.606. The molecule has 0 amide bonds. The predicted molar refractivity (Wildman–Crippen MR) is 28.6 cm³/mol. The molecule has 0 aliphatic heterocycles. The van der Waals surface area contributed by atoms with Gasteiger partial charge in [-0.1, -0.05) is 6.07 Å². The summed E-state index contributed by atoms with van der Waals surface area (Å²) in [7, 11) is 0. The fourth-order valence-electron chi connectivity index (χ4n) is 0.325. The van der Waals surface area contributed by atoms with Gasteiger partial charge in [0.2, 0.25) is 0 Å². The summed E-state index contributed by atoms with van der Waals surface area (Å²) in [6.07, 6.45) is 1.35. The van der Waals surface area contributed by atoms with Crippen LogP contribution in [-0.4, -0.2) is 5.48 Å². The first kappa shape index (κ1) is 11.3. The van der Waals surface area contributed by atoms with Crippen LogP contribution in [0.1, 0.15) is 0 Å². The van der Waals surface area contributed by atoms with E-state index in [-0.39, 0.29) is 28.2 Å². The number of rotatable bonds is 0. The molecule has 1 heterocycles. The van der Waals surface area contributed by atoms with E-state index in [1.807, 2.05) is 0 Å². The maximum atomic E-state index is 10.1. The molecule has 3 nitrogen and oxygen atoms in total. The Morgan fingerprint density at radius 2 is 2.00 bits per heavy atom. The van der Waals surface area contributed by atoms with Crippen molar-refractivity contribution in [3.05, 3.63) is 34.9 Å². The fourth-order valence-corrected chi connectivity index (χ4v) is 0.325. The minimum absolute atomic E-state index is 0. The van der Waals surface area contributed by atoms with Crippen molar-refractivity contribution < 1.29 is 27.0 Å². The van der Waals surface area contributed by atoms with Gasteiger partial charge in [0.05, 0.1) is 6.26 Å². The van der Waals surface area contributed by atoms with E-state index in [0.29, 0.717) is 0 Å². The van der Waals surface area contributed by atoms with Gasteiger partial charge in [-0.3, -0.25) is 0 Å². The van der Waals surface area contributed by atoms with Gasteiger partial charge in [0.25, 0.3) is 0 Å². The summed E-state index contributed by atoms with van der Waals surface area (Å²) in [5, 5.41) is 0. The monoisotopic (exact) mass is 170 g/mol. The van der Waals surface area contributed by atoms with Crippen LogP contribution >= 0.6 is 0 Å². The van der Waals surface area contributed by atoms with Gasteiger partial charge in [-0.25, -0.2) is 4.79 Å². The Kier molecular flexibility index (Phi) is 6.96. The molecule has 0 aromatic carbocycles. The van der Waals surface area contributed by atoms with Crippen molar-refractivity contribution in [1.29, 1.82) is 0 Å². The minimum Gasteiger partial charge on any atom is -0.431 e. The molecule has 1 aromatic heterocycles. The normalized spacial score (nSPS) is 6.67. The van der Waals surface area contributed by atoms with Gasteiger partial charge in [-0.2, -0.15) is 0 Å². The van der Waals surface area contributed by atoms with Crippen LogP contribution in [0.25, 0.3) is 0 Å². The van der Waals surface area contributed by atoms with E-state index in [1.54, 1.807) is 12.1 Å². The van der Waals surface area contributed by atoms with Crippen LogP contribution in [0, 0.1) is 0 Å². The molecule has 2 N–H and O–H groups in total. The molecular weight excluding hydrogens is 164 g/mol. The molecule has 0 unspecified atom stereocenters. The van der Waals surface area contributed by atoms with Crippen LogP contribution < -0.4 is 5.63 Å². The zero-order valence-electron chi connectivity index (χ0n) is 4.48. The smallest absolute Gasteiger partial charge is 0.335 e. The Morgan fingerprint density at radius 1 is 1.33 bits per heavy atom. The molecule has 0 atom stereocenters. The largest absolute Gasteiger partial charge is 0.431 e. The van der Waals surface area contributed by atoms with Crippen LogP contribution in [0.4, 0.5) is 0 Å². The predicted octanol–water partition coefficient (Wildman–Crippen LogP) is -0.187. The topological polar surface area (TPSA) is 61.7 Å². The standard InChI is InChI=1S/C5H4O2.Fe.H2O/c6-5-3-1-2-4-7-5;;/h1-4H;;1H2. The molecule has 0 saturated carbocycles. The van der Waals surface area contributed by atoms with Gasteiger partial charge in [0.1, 0.15) is 0 Å². The minimum atomic E-state index is -0.303. The van der Waals surface area contributed by atoms with Gasteiger partial charge in [-0.05, 0) is 6.07 Å². The van der Waals surface area contributed by atoms with Gasteiger partial charge < -0.3 is 9.89 Å². The second kappa shape index (κ2) is 5.56. The fraction of sp³-hybridized carbons (Fsp3) is 0. The van der Waals surface area contributed by atoms with E-state index in [4.69, 9.17) is 0 Å². The van der Waals surface area contributed by atoms with Crippen molar-refractivity contribution in [3.63, 3.8) is 0 Å². The van der Waals surface area contributed by atoms with Crippen molar-refractivity contribution in [2.24, 2.45) is 0 Å². The molecule has 0 bridgehead atoms. The van der Waals surface area contributed by atoms with E-state index in [2.05, 4.69) is 4.42 Å².